The molecule has 0 aliphatic rings. The lowest BCUT2D eigenvalue weighted by molar-refractivity contribution is 0.263. The monoisotopic (exact) mass is 310 g/mol. The number of aliphatic hydroxyl groups excluding tert-OH is 1. The smallest absolute Gasteiger partial charge is 0.180 e. The van der Waals surface area contributed by atoms with Crippen molar-refractivity contribution in [1.29, 1.82) is 5.26 Å². The molecular formula is C14H12Cl2N2O2. The van der Waals surface area contributed by atoms with Gasteiger partial charge in [-0.2, -0.15) is 5.26 Å². The first-order valence-corrected chi connectivity index (χ1v) is 6.76. The molecule has 0 spiro atoms. The van der Waals surface area contributed by atoms with Crippen LogP contribution in [0.1, 0.15) is 29.6 Å². The van der Waals surface area contributed by atoms with Crippen molar-refractivity contribution in [3.8, 4) is 6.07 Å². The molecule has 0 aliphatic heterocycles. The number of hydrogen-bond acceptors (Lipinski definition) is 4. The maximum atomic E-state index is 9.47. The number of aromatic nitrogens is 1. The fraction of sp³-hybridized carbons (Fsp3) is 0.286. The van der Waals surface area contributed by atoms with Gasteiger partial charge in [-0.05, 0) is 24.1 Å². The van der Waals surface area contributed by atoms with Crippen LogP contribution in [0.2, 0.25) is 10.0 Å². The summed E-state index contributed by atoms with van der Waals surface area (Å²) < 4.78 is 5.27. The molecule has 0 fully saturated rings. The largest absolute Gasteiger partial charge is 0.448 e. The lowest BCUT2D eigenvalue weighted by Gasteiger charge is -2.19. The van der Waals surface area contributed by atoms with Crippen molar-refractivity contribution in [3.05, 3.63) is 52.2 Å². The minimum Gasteiger partial charge on any atom is -0.448 e. The minimum absolute atomic E-state index is 0.0507. The highest BCUT2D eigenvalue weighted by molar-refractivity contribution is 6.42. The standard InChI is InChI=1S/C14H12Cl2N2O2/c15-12-2-1-9(5-13(12)16)11(6-17)10(3-4-19)14-7-18-8-20-14/h1-2,5,7-8,10-11,19H,3-4H2/t10-,11-/m0/s1. The molecule has 0 radical (unpaired) electrons. The summed E-state index contributed by atoms with van der Waals surface area (Å²) in [6, 6.07) is 7.31. The molecule has 2 aromatic rings. The van der Waals surface area contributed by atoms with Gasteiger partial charge in [0.2, 0.25) is 0 Å². The van der Waals surface area contributed by atoms with E-state index in [0.717, 1.165) is 5.56 Å². The van der Waals surface area contributed by atoms with Gasteiger partial charge in [-0.3, -0.25) is 0 Å². The summed E-state index contributed by atoms with van der Waals surface area (Å²) in [6.07, 6.45) is 3.26. The molecule has 2 rings (SSSR count). The predicted molar refractivity (Wildman–Crippen MR) is 75.8 cm³/mol. The van der Waals surface area contributed by atoms with E-state index in [-0.39, 0.29) is 12.5 Å². The van der Waals surface area contributed by atoms with Crippen LogP contribution in [0.25, 0.3) is 0 Å². The Kier molecular flexibility index (Phi) is 5.02. The summed E-state index contributed by atoms with van der Waals surface area (Å²) in [5.74, 6) is -0.216. The first kappa shape index (κ1) is 14.9. The number of oxazole rings is 1. The third-order valence-electron chi connectivity index (χ3n) is 3.10. The van der Waals surface area contributed by atoms with Crippen LogP contribution < -0.4 is 0 Å². The maximum absolute atomic E-state index is 9.47. The summed E-state index contributed by atoms with van der Waals surface area (Å²) in [5.41, 5.74) is 0.733. The molecule has 1 N–H and O–H groups in total. The molecule has 104 valence electrons. The Morgan fingerprint density at radius 2 is 2.15 bits per heavy atom. The van der Waals surface area contributed by atoms with Gasteiger partial charge in [0.15, 0.2) is 6.39 Å². The van der Waals surface area contributed by atoms with E-state index in [4.69, 9.17) is 27.6 Å². The molecule has 2 atom stereocenters. The zero-order valence-corrected chi connectivity index (χ0v) is 12.0. The highest BCUT2D eigenvalue weighted by Crippen LogP contribution is 2.37. The number of aliphatic hydroxyl groups is 1. The van der Waals surface area contributed by atoms with Crippen LogP contribution in [0, 0.1) is 11.3 Å². The van der Waals surface area contributed by atoms with Gasteiger partial charge in [0.1, 0.15) is 5.76 Å². The van der Waals surface area contributed by atoms with E-state index in [1.54, 1.807) is 24.4 Å². The van der Waals surface area contributed by atoms with Gasteiger partial charge in [-0.15, -0.1) is 0 Å². The van der Waals surface area contributed by atoms with Crippen LogP contribution >= 0.6 is 23.2 Å². The molecule has 0 aliphatic carbocycles. The van der Waals surface area contributed by atoms with Crippen molar-refractivity contribution in [2.45, 2.75) is 18.3 Å². The second kappa shape index (κ2) is 6.76. The van der Waals surface area contributed by atoms with Crippen LogP contribution in [0.3, 0.4) is 0 Å². The second-order valence-electron chi connectivity index (χ2n) is 4.30. The number of benzene rings is 1. The van der Waals surface area contributed by atoms with E-state index in [2.05, 4.69) is 11.1 Å². The second-order valence-corrected chi connectivity index (χ2v) is 5.12. The molecule has 1 aromatic carbocycles. The minimum atomic E-state index is -0.495. The quantitative estimate of drug-likeness (QED) is 0.913. The van der Waals surface area contributed by atoms with Crippen LogP contribution in [0.5, 0.6) is 0 Å². The number of rotatable bonds is 5. The van der Waals surface area contributed by atoms with Crippen molar-refractivity contribution >= 4 is 23.2 Å². The third kappa shape index (κ3) is 3.13. The van der Waals surface area contributed by atoms with Gasteiger partial charge < -0.3 is 9.52 Å². The molecule has 0 unspecified atom stereocenters. The lowest BCUT2D eigenvalue weighted by atomic mass is 9.83. The zero-order chi connectivity index (χ0) is 14.5. The van der Waals surface area contributed by atoms with Crippen molar-refractivity contribution in [1.82, 2.24) is 4.98 Å². The molecule has 0 bridgehead atoms. The average molecular weight is 311 g/mol. The molecule has 20 heavy (non-hydrogen) atoms. The highest BCUT2D eigenvalue weighted by atomic mass is 35.5. The first-order valence-electron chi connectivity index (χ1n) is 6.01. The van der Waals surface area contributed by atoms with Crippen molar-refractivity contribution in [2.24, 2.45) is 0 Å². The normalized spacial score (nSPS) is 13.7. The van der Waals surface area contributed by atoms with Crippen molar-refractivity contribution in [3.63, 3.8) is 0 Å². The Bertz CT molecular complexity index is 608. The Hall–Kier alpha value is -1.54. The van der Waals surface area contributed by atoms with Crippen LogP contribution in [-0.2, 0) is 0 Å². The summed E-state index contributed by atoms with van der Waals surface area (Å²) >= 11 is 11.9. The summed E-state index contributed by atoms with van der Waals surface area (Å²) in [5, 5.41) is 19.5. The van der Waals surface area contributed by atoms with Gasteiger partial charge in [0.05, 0.1) is 28.2 Å². The van der Waals surface area contributed by atoms with Gasteiger partial charge in [-0.1, -0.05) is 29.3 Å². The van der Waals surface area contributed by atoms with E-state index in [1.165, 1.54) is 6.39 Å². The molecule has 4 nitrogen and oxygen atoms in total. The highest BCUT2D eigenvalue weighted by Gasteiger charge is 2.27. The first-order chi connectivity index (χ1) is 9.67. The number of nitriles is 1. The topological polar surface area (TPSA) is 70.0 Å². The fourth-order valence-electron chi connectivity index (χ4n) is 2.12. The summed E-state index contributed by atoms with van der Waals surface area (Å²) in [6.45, 7) is -0.0507. The molecule has 0 amide bonds. The predicted octanol–water partition coefficient (Wildman–Crippen LogP) is 3.75. The number of hydrogen-bond donors (Lipinski definition) is 1. The fourth-order valence-corrected chi connectivity index (χ4v) is 2.43. The Morgan fingerprint density at radius 1 is 1.35 bits per heavy atom. The molecule has 1 heterocycles. The number of halogens is 2. The van der Waals surface area contributed by atoms with E-state index in [9.17, 15) is 10.4 Å². The van der Waals surface area contributed by atoms with Crippen LogP contribution in [0.15, 0.2) is 35.2 Å². The van der Waals surface area contributed by atoms with Crippen LogP contribution in [0.4, 0.5) is 0 Å². The van der Waals surface area contributed by atoms with E-state index >= 15 is 0 Å². The number of nitrogens with zero attached hydrogens (tertiary/aromatic N) is 2. The zero-order valence-electron chi connectivity index (χ0n) is 10.5. The van der Waals surface area contributed by atoms with E-state index in [1.807, 2.05) is 0 Å². The lowest BCUT2D eigenvalue weighted by Crippen LogP contribution is -2.11. The van der Waals surface area contributed by atoms with E-state index < -0.39 is 5.92 Å². The van der Waals surface area contributed by atoms with E-state index in [0.29, 0.717) is 22.2 Å². The van der Waals surface area contributed by atoms with Crippen LogP contribution in [-0.4, -0.2) is 16.7 Å². The third-order valence-corrected chi connectivity index (χ3v) is 3.84. The molecular weight excluding hydrogens is 299 g/mol. The Morgan fingerprint density at radius 3 is 2.70 bits per heavy atom. The van der Waals surface area contributed by atoms with Gasteiger partial charge in [-0.25, -0.2) is 4.98 Å². The molecule has 0 saturated heterocycles. The summed E-state index contributed by atoms with van der Waals surface area (Å²) in [4.78, 5) is 3.86. The Balaban J connectivity index is 2.38. The summed E-state index contributed by atoms with van der Waals surface area (Å²) in [7, 11) is 0. The van der Waals surface area contributed by atoms with Crippen molar-refractivity contribution < 1.29 is 9.52 Å². The van der Waals surface area contributed by atoms with Gasteiger partial charge >= 0.3 is 0 Å². The average Bonchev–Trinajstić information content (AvgIpc) is 2.96. The van der Waals surface area contributed by atoms with Gasteiger partial charge in [0.25, 0.3) is 0 Å². The Labute approximate surface area is 126 Å². The molecule has 1 aromatic heterocycles. The molecule has 6 heteroatoms. The SMILES string of the molecule is N#C[C@@H](c1ccc(Cl)c(Cl)c1)[C@H](CCO)c1cnco1. The maximum Gasteiger partial charge on any atom is 0.180 e. The van der Waals surface area contributed by atoms with Gasteiger partial charge in [0, 0.05) is 12.5 Å². The van der Waals surface area contributed by atoms with Crippen molar-refractivity contribution in [2.75, 3.05) is 6.61 Å². The molecule has 0 saturated carbocycles.